The molecule has 348 valence electrons. The first-order valence-corrected chi connectivity index (χ1v) is 31.0. The summed E-state index contributed by atoms with van der Waals surface area (Å²) in [7, 11) is -4.03. The van der Waals surface area contributed by atoms with Crippen LogP contribution < -0.4 is 5.32 Å². The number of nitrogens with zero attached hydrogens (tertiary/aromatic N) is 1. The summed E-state index contributed by atoms with van der Waals surface area (Å²) in [5.41, 5.74) is 8.60. The smallest absolute Gasteiger partial charge is 0.411 e. The van der Waals surface area contributed by atoms with Gasteiger partial charge in [0.1, 0.15) is 12.4 Å². The average molecular weight is 915 g/mol. The Balaban J connectivity index is 1.16. The molecule has 4 aromatic rings. The number of aromatic nitrogens is 1. The third-order valence-electron chi connectivity index (χ3n) is 16.4. The van der Waals surface area contributed by atoms with Gasteiger partial charge in [-0.1, -0.05) is 69.8 Å². The van der Waals surface area contributed by atoms with Crippen molar-refractivity contribution in [2.24, 2.45) is 28.6 Å². The molecule has 2 fully saturated rings. The van der Waals surface area contributed by atoms with Gasteiger partial charge in [0.25, 0.3) is 0 Å². The van der Waals surface area contributed by atoms with Crippen LogP contribution in [0.4, 0.5) is 4.79 Å². The predicted molar refractivity (Wildman–Crippen MR) is 269 cm³/mol. The summed E-state index contributed by atoms with van der Waals surface area (Å²) in [4.78, 5) is 12.6. The average Bonchev–Trinajstić information content (AvgIpc) is 3.87. The maximum Gasteiger partial charge on any atom is 0.411 e. The van der Waals surface area contributed by atoms with E-state index in [1.807, 2.05) is 36.4 Å². The van der Waals surface area contributed by atoms with Crippen molar-refractivity contribution in [1.29, 1.82) is 0 Å². The number of hydrogen-bond acceptors (Lipinski definition) is 6. The van der Waals surface area contributed by atoms with Gasteiger partial charge in [0.05, 0.1) is 34.6 Å². The molecular formula is C55H74N2O6Si2. The largest absolute Gasteiger partial charge is 0.505 e. The van der Waals surface area contributed by atoms with Crippen LogP contribution in [0.5, 0.6) is 5.75 Å². The van der Waals surface area contributed by atoms with E-state index in [0.29, 0.717) is 17.6 Å². The topological polar surface area (TPSA) is 90.7 Å². The Kier molecular flexibility index (Phi) is 10.9. The molecule has 0 spiro atoms. The maximum absolute atomic E-state index is 12.9. The Morgan fingerprint density at radius 3 is 2.32 bits per heavy atom. The number of aromatic hydroxyl groups is 1. The van der Waals surface area contributed by atoms with Crippen molar-refractivity contribution in [3.05, 3.63) is 107 Å². The number of carbonyl (C=O) groups is 1. The second-order valence-corrected chi connectivity index (χ2v) is 32.9. The number of benzene rings is 2. The molecule has 8 nitrogen and oxygen atoms in total. The minimum atomic E-state index is -2.09. The number of allylic oxidation sites excluding steroid dienone is 3. The lowest BCUT2D eigenvalue weighted by Gasteiger charge is -2.65. The first-order chi connectivity index (χ1) is 30.2. The molecule has 1 aliphatic heterocycles. The molecule has 1 amide bonds. The van der Waals surface area contributed by atoms with Gasteiger partial charge in [0, 0.05) is 45.0 Å². The van der Waals surface area contributed by atoms with Crippen LogP contribution in [0.15, 0.2) is 73.5 Å². The van der Waals surface area contributed by atoms with Gasteiger partial charge in [-0.25, -0.2) is 4.79 Å². The van der Waals surface area contributed by atoms with Gasteiger partial charge in [0.15, 0.2) is 16.6 Å². The number of alkyl carbamates (subject to hydrolysis) is 1. The van der Waals surface area contributed by atoms with E-state index in [-0.39, 0.29) is 41.0 Å². The highest BCUT2D eigenvalue weighted by Gasteiger charge is 2.67. The molecule has 4 aliphatic carbocycles. The minimum absolute atomic E-state index is 0.0127. The third kappa shape index (κ3) is 7.26. The third-order valence-corrected chi connectivity index (χ3v) is 18.4. The zero-order valence-corrected chi connectivity index (χ0v) is 43.6. The normalized spacial score (nSPS) is 31.5. The predicted octanol–water partition coefficient (Wildman–Crippen LogP) is 13.6. The van der Waals surface area contributed by atoms with Crippen molar-refractivity contribution < 1.29 is 28.2 Å². The summed E-state index contributed by atoms with van der Waals surface area (Å²) in [6.07, 6.45) is 15.0. The van der Waals surface area contributed by atoms with Crippen molar-refractivity contribution in [1.82, 2.24) is 9.72 Å². The molecule has 2 aromatic carbocycles. The van der Waals surface area contributed by atoms with Gasteiger partial charge in [-0.3, -0.25) is 5.32 Å². The summed E-state index contributed by atoms with van der Waals surface area (Å²) in [6.45, 7) is 36.9. The van der Waals surface area contributed by atoms with Crippen LogP contribution in [-0.4, -0.2) is 49.5 Å². The van der Waals surface area contributed by atoms with Crippen molar-refractivity contribution >= 4 is 50.2 Å². The second kappa shape index (κ2) is 15.3. The Morgan fingerprint density at radius 2 is 1.66 bits per heavy atom. The molecule has 8 atom stereocenters. The highest BCUT2D eigenvalue weighted by atomic mass is 28.4. The van der Waals surface area contributed by atoms with E-state index in [9.17, 15) is 9.90 Å². The lowest BCUT2D eigenvalue weighted by molar-refractivity contribution is -0.140. The maximum atomic E-state index is 12.9. The number of hydrogen-bond donors (Lipinski definition) is 2. The standard InChI is InChI=1S/C55H74N2O6Si2/c1-33(2)45-47(58)43-42-36(39-31-51(3,4)63-52(5,6)44(39)48(42)62-65(13,14)15)30-37-38-29-35-23-24-40-53(7,26-19-20-28-56-50(59)60-32-34-21-17-16-18-22-34)41(61-64(10,11)12)25-27-54(40,8)55(35,9)49(38)57(45)46(37)43/h16-22,26,28,30-31,35,40-41,44,48,58H,1,23-25,27,29,32H2,2-15H3,(H,56,59)/t35?,40?,41?,44?,48?,53-,54-,55+/m0/s1. The van der Waals surface area contributed by atoms with Gasteiger partial charge in [0.2, 0.25) is 0 Å². The number of rotatable bonds is 10. The number of fused-ring (bicyclic) bond motifs is 11. The summed E-state index contributed by atoms with van der Waals surface area (Å²) in [5.74, 6) is 1.06. The molecule has 2 saturated carbocycles. The van der Waals surface area contributed by atoms with Gasteiger partial charge in [-0.15, -0.1) is 0 Å². The minimum Gasteiger partial charge on any atom is -0.505 e. The van der Waals surface area contributed by atoms with Crippen LogP contribution in [0.25, 0.3) is 27.4 Å². The van der Waals surface area contributed by atoms with Crippen molar-refractivity contribution in [2.75, 3.05) is 0 Å². The van der Waals surface area contributed by atoms with Gasteiger partial charge < -0.3 is 27.8 Å². The van der Waals surface area contributed by atoms with E-state index in [4.69, 9.17) is 18.3 Å². The van der Waals surface area contributed by atoms with Gasteiger partial charge in [-0.2, -0.15) is 0 Å². The number of amides is 1. The molecule has 2 N–H and O–H groups in total. The lowest BCUT2D eigenvalue weighted by Crippen LogP contribution is -2.63. The van der Waals surface area contributed by atoms with Crippen molar-refractivity contribution in [2.45, 2.75) is 162 Å². The Bertz CT molecular complexity index is 2660. The molecule has 65 heavy (non-hydrogen) atoms. The van der Waals surface area contributed by atoms with E-state index in [1.165, 1.54) is 27.8 Å². The van der Waals surface area contributed by atoms with E-state index >= 15 is 0 Å². The number of ether oxygens (including phenoxy) is 2. The Morgan fingerprint density at radius 1 is 0.969 bits per heavy atom. The van der Waals surface area contributed by atoms with E-state index in [1.54, 1.807) is 6.20 Å². The molecule has 3 heterocycles. The SMILES string of the molecule is C=C(C)c1c(O)c2c3c(cc4c5c(n1c42)[C@@]1(C)C(CCC2[C@](C)(C=CC=CNC(=O)OCc4ccccc4)C(O[Si](C)(C)C)CC[C@@]21C)C5)C1=CC(C)(C)OC(C)(C)C1C3O[Si](C)(C)C. The van der Waals surface area contributed by atoms with Gasteiger partial charge in [-0.05, 0) is 169 Å². The summed E-state index contributed by atoms with van der Waals surface area (Å²) >= 11 is 0. The highest BCUT2D eigenvalue weighted by molar-refractivity contribution is 6.70. The van der Waals surface area contributed by atoms with Crippen molar-refractivity contribution in [3.8, 4) is 5.75 Å². The molecular weight excluding hydrogens is 841 g/mol. The van der Waals surface area contributed by atoms with Crippen LogP contribution in [-0.2, 0) is 36.8 Å². The van der Waals surface area contributed by atoms with E-state index in [2.05, 4.69) is 135 Å². The fraction of sp³-hybridized carbons (Fsp3) is 0.545. The first-order valence-electron chi connectivity index (χ1n) is 24.2. The molecule has 0 bridgehead atoms. The van der Waals surface area contributed by atoms with Crippen molar-refractivity contribution in [3.63, 3.8) is 0 Å². The molecule has 5 unspecified atom stereocenters. The zero-order valence-electron chi connectivity index (χ0n) is 41.6. The number of nitrogens with one attached hydrogen (secondary N) is 1. The Hall–Kier alpha value is -3.94. The number of carbonyl (C=O) groups excluding carboxylic acids is 1. The van der Waals surface area contributed by atoms with E-state index in [0.717, 1.165) is 65.4 Å². The van der Waals surface area contributed by atoms with Crippen LogP contribution in [0.3, 0.4) is 0 Å². The molecule has 10 heteroatoms. The second-order valence-electron chi connectivity index (χ2n) is 24.0. The van der Waals surface area contributed by atoms with Gasteiger partial charge >= 0.3 is 6.09 Å². The molecule has 2 aromatic heterocycles. The summed E-state index contributed by atoms with van der Waals surface area (Å²) in [5, 5.41) is 17.9. The zero-order chi connectivity index (χ0) is 47.0. The fourth-order valence-corrected chi connectivity index (χ4v) is 16.4. The van der Waals surface area contributed by atoms with Crippen LogP contribution in [0.2, 0.25) is 39.3 Å². The molecule has 0 saturated heterocycles. The van der Waals surface area contributed by atoms with Crippen LogP contribution in [0.1, 0.15) is 121 Å². The summed E-state index contributed by atoms with van der Waals surface area (Å²) < 4.78 is 29.3. The summed E-state index contributed by atoms with van der Waals surface area (Å²) in [6, 6.07) is 12.2. The van der Waals surface area contributed by atoms with Crippen LogP contribution >= 0.6 is 0 Å². The monoisotopic (exact) mass is 915 g/mol. The van der Waals surface area contributed by atoms with Crippen LogP contribution in [0, 0.1) is 28.6 Å². The quantitative estimate of drug-likeness (QED) is 0.122. The molecule has 0 radical (unpaired) electrons. The van der Waals surface area contributed by atoms with E-state index < -0.39 is 33.9 Å². The lowest BCUT2D eigenvalue weighted by atomic mass is 9.40. The first kappa shape index (κ1) is 46.2. The molecule has 9 rings (SSSR count). The Labute approximate surface area is 390 Å². The molecule has 5 aliphatic rings. The highest BCUT2D eigenvalue weighted by Crippen LogP contribution is 2.72. The fourth-order valence-electron chi connectivity index (χ4n) is 14.2.